The van der Waals surface area contributed by atoms with Gasteiger partial charge in [-0.25, -0.2) is 0 Å². The number of halogens is 1. The van der Waals surface area contributed by atoms with Crippen molar-refractivity contribution in [2.75, 3.05) is 34.2 Å². The van der Waals surface area contributed by atoms with E-state index in [4.69, 9.17) is 0 Å². The quantitative estimate of drug-likeness (QED) is 0.816. The topological polar surface area (TPSA) is 6.48 Å². The third-order valence-corrected chi connectivity index (χ3v) is 3.66. The fourth-order valence-electron chi connectivity index (χ4n) is 1.15. The minimum absolute atomic E-state index is 1.05. The lowest BCUT2D eigenvalue weighted by Crippen LogP contribution is -2.28. The maximum absolute atomic E-state index is 3.47. The summed E-state index contributed by atoms with van der Waals surface area (Å²) in [5.74, 6) is 0. The lowest BCUT2D eigenvalue weighted by atomic mass is 10.4. The van der Waals surface area contributed by atoms with Gasteiger partial charge in [-0.3, -0.25) is 0 Å². The summed E-state index contributed by atoms with van der Waals surface area (Å²) >= 11 is 5.28. The Morgan fingerprint density at radius 3 is 2.50 bits per heavy atom. The van der Waals surface area contributed by atoms with Crippen LogP contribution in [0.2, 0.25) is 0 Å². The summed E-state index contributed by atoms with van der Waals surface area (Å²) in [6.07, 6.45) is 0. The predicted octanol–water partition coefficient (Wildman–Crippen LogP) is 2.50. The molecule has 0 aliphatic heterocycles. The van der Waals surface area contributed by atoms with Gasteiger partial charge < -0.3 is 9.80 Å². The number of hydrogen-bond donors (Lipinski definition) is 0. The maximum atomic E-state index is 3.47. The van der Waals surface area contributed by atoms with E-state index in [2.05, 4.69) is 58.3 Å². The van der Waals surface area contributed by atoms with Crippen LogP contribution in [0, 0.1) is 0 Å². The van der Waals surface area contributed by atoms with Gasteiger partial charge in [0.1, 0.15) is 0 Å². The molecule has 0 amide bonds. The van der Waals surface area contributed by atoms with Crippen molar-refractivity contribution >= 4 is 27.3 Å². The second-order valence-electron chi connectivity index (χ2n) is 3.77. The maximum Gasteiger partial charge on any atom is 0.0325 e. The van der Waals surface area contributed by atoms with Crippen LogP contribution >= 0.6 is 27.3 Å². The lowest BCUT2D eigenvalue weighted by Gasteiger charge is -2.18. The molecule has 2 nitrogen and oxygen atoms in total. The molecule has 80 valence electrons. The van der Waals surface area contributed by atoms with Gasteiger partial charge >= 0.3 is 0 Å². The molecule has 0 bridgehead atoms. The van der Waals surface area contributed by atoms with E-state index < -0.39 is 0 Å². The highest BCUT2D eigenvalue weighted by atomic mass is 79.9. The van der Waals surface area contributed by atoms with E-state index in [0.717, 1.165) is 19.6 Å². The summed E-state index contributed by atoms with van der Waals surface area (Å²) in [6, 6.07) is 2.19. The van der Waals surface area contributed by atoms with Crippen LogP contribution in [0.5, 0.6) is 0 Å². The molecule has 0 spiro atoms. The first-order valence-corrected chi connectivity index (χ1v) is 6.31. The van der Waals surface area contributed by atoms with Crippen LogP contribution in [0.3, 0.4) is 0 Å². The normalized spacial score (nSPS) is 11.6. The molecule has 0 fully saturated rings. The van der Waals surface area contributed by atoms with Gasteiger partial charge in [0.2, 0.25) is 0 Å². The van der Waals surface area contributed by atoms with Crippen molar-refractivity contribution in [2.24, 2.45) is 0 Å². The highest BCUT2D eigenvalue weighted by Gasteiger charge is 2.02. The molecule has 1 heterocycles. The van der Waals surface area contributed by atoms with Gasteiger partial charge in [0.05, 0.1) is 0 Å². The van der Waals surface area contributed by atoms with Gasteiger partial charge in [-0.1, -0.05) is 0 Å². The largest absolute Gasteiger partial charge is 0.308 e. The van der Waals surface area contributed by atoms with Crippen LogP contribution in [0.1, 0.15) is 4.88 Å². The Hall–Kier alpha value is 0.1000. The van der Waals surface area contributed by atoms with Crippen molar-refractivity contribution in [3.63, 3.8) is 0 Å². The molecule has 1 rings (SSSR count). The summed E-state index contributed by atoms with van der Waals surface area (Å²) in [5, 5.41) is 2.13. The third kappa shape index (κ3) is 4.55. The van der Waals surface area contributed by atoms with Gasteiger partial charge in [0, 0.05) is 34.4 Å². The monoisotopic (exact) mass is 276 g/mol. The lowest BCUT2D eigenvalue weighted by molar-refractivity contribution is 0.278. The van der Waals surface area contributed by atoms with Crippen LogP contribution in [-0.2, 0) is 6.54 Å². The van der Waals surface area contributed by atoms with E-state index in [1.807, 2.05) is 11.3 Å². The number of likely N-dealkylation sites (N-methyl/N-ethyl adjacent to an activating group) is 2. The Labute approximate surface area is 98.6 Å². The molecular formula is C10H17BrN2S. The van der Waals surface area contributed by atoms with Crippen molar-refractivity contribution in [3.8, 4) is 0 Å². The van der Waals surface area contributed by atoms with Crippen molar-refractivity contribution < 1.29 is 0 Å². The average Bonchev–Trinajstić information content (AvgIpc) is 2.48. The predicted molar refractivity (Wildman–Crippen MR) is 66.9 cm³/mol. The highest BCUT2D eigenvalue weighted by Crippen LogP contribution is 2.20. The van der Waals surface area contributed by atoms with E-state index in [1.165, 1.54) is 9.35 Å². The molecule has 0 atom stereocenters. The fraction of sp³-hybridized carbons (Fsp3) is 0.600. The Morgan fingerprint density at radius 2 is 2.00 bits per heavy atom. The molecule has 4 heteroatoms. The zero-order valence-corrected chi connectivity index (χ0v) is 11.4. The van der Waals surface area contributed by atoms with Crippen molar-refractivity contribution in [1.82, 2.24) is 9.80 Å². The van der Waals surface area contributed by atoms with Gasteiger partial charge in [-0.05, 0) is 43.1 Å². The average molecular weight is 277 g/mol. The van der Waals surface area contributed by atoms with Crippen LogP contribution in [-0.4, -0.2) is 44.0 Å². The summed E-state index contributed by atoms with van der Waals surface area (Å²) in [7, 11) is 6.38. The zero-order valence-electron chi connectivity index (χ0n) is 8.96. The van der Waals surface area contributed by atoms with Crippen LogP contribution in [0.25, 0.3) is 0 Å². The Bertz CT molecular complexity index is 273. The first-order chi connectivity index (χ1) is 6.58. The van der Waals surface area contributed by atoms with Crippen LogP contribution in [0.4, 0.5) is 0 Å². The van der Waals surface area contributed by atoms with Gasteiger partial charge in [0.25, 0.3) is 0 Å². The number of hydrogen-bond acceptors (Lipinski definition) is 3. The number of thiophene rings is 1. The molecule has 0 radical (unpaired) electrons. The summed E-state index contributed by atoms with van der Waals surface area (Å²) in [6.45, 7) is 3.27. The molecule has 0 saturated carbocycles. The highest BCUT2D eigenvalue weighted by molar-refractivity contribution is 9.10. The molecule has 0 aliphatic rings. The molecule has 0 unspecified atom stereocenters. The van der Waals surface area contributed by atoms with Gasteiger partial charge in [-0.2, -0.15) is 0 Å². The van der Waals surface area contributed by atoms with Gasteiger partial charge in [-0.15, -0.1) is 11.3 Å². The van der Waals surface area contributed by atoms with E-state index in [9.17, 15) is 0 Å². The minimum Gasteiger partial charge on any atom is -0.308 e. The zero-order chi connectivity index (χ0) is 10.6. The van der Waals surface area contributed by atoms with Crippen molar-refractivity contribution in [2.45, 2.75) is 6.54 Å². The second kappa shape index (κ2) is 5.85. The molecule has 1 aromatic heterocycles. The number of rotatable bonds is 5. The van der Waals surface area contributed by atoms with Gasteiger partial charge in [0.15, 0.2) is 0 Å². The van der Waals surface area contributed by atoms with E-state index in [-0.39, 0.29) is 0 Å². The summed E-state index contributed by atoms with van der Waals surface area (Å²) < 4.78 is 1.19. The standard InChI is InChI=1S/C10H17BrN2S/c1-12(2)4-5-13(3)7-10-6-9(11)8-14-10/h6,8H,4-5,7H2,1-3H3. The number of nitrogens with zero attached hydrogens (tertiary/aromatic N) is 2. The first kappa shape index (κ1) is 12.2. The van der Waals surface area contributed by atoms with E-state index in [0.29, 0.717) is 0 Å². The van der Waals surface area contributed by atoms with E-state index in [1.54, 1.807) is 0 Å². The molecular weight excluding hydrogens is 260 g/mol. The second-order valence-corrected chi connectivity index (χ2v) is 5.68. The molecule has 0 N–H and O–H groups in total. The molecule has 0 aromatic carbocycles. The molecule has 1 aromatic rings. The molecule has 14 heavy (non-hydrogen) atoms. The van der Waals surface area contributed by atoms with Crippen LogP contribution < -0.4 is 0 Å². The molecule has 0 saturated heterocycles. The first-order valence-electron chi connectivity index (χ1n) is 4.64. The van der Waals surface area contributed by atoms with Crippen molar-refractivity contribution in [3.05, 3.63) is 20.8 Å². The Kier molecular flexibility index (Phi) is 5.09. The van der Waals surface area contributed by atoms with Crippen LogP contribution in [0.15, 0.2) is 15.9 Å². The fourth-order valence-corrected chi connectivity index (χ4v) is 2.68. The SMILES string of the molecule is CN(C)CCN(C)Cc1cc(Br)cs1. The van der Waals surface area contributed by atoms with E-state index >= 15 is 0 Å². The third-order valence-electron chi connectivity index (χ3n) is 1.98. The Morgan fingerprint density at radius 1 is 1.29 bits per heavy atom. The summed E-state index contributed by atoms with van der Waals surface area (Å²) in [5.41, 5.74) is 0. The minimum atomic E-state index is 1.05. The molecule has 0 aliphatic carbocycles. The summed E-state index contributed by atoms with van der Waals surface area (Å²) in [4.78, 5) is 5.97. The smallest absolute Gasteiger partial charge is 0.0325 e. The van der Waals surface area contributed by atoms with Crippen molar-refractivity contribution in [1.29, 1.82) is 0 Å². The Balaban J connectivity index is 2.30.